The Morgan fingerprint density at radius 1 is 1.26 bits per heavy atom. The van der Waals surface area contributed by atoms with Gasteiger partial charge in [0.05, 0.1) is 17.4 Å². The Morgan fingerprint density at radius 3 is 2.81 bits per heavy atom. The average Bonchev–Trinajstić information content (AvgIpc) is 3.12. The van der Waals surface area contributed by atoms with Gasteiger partial charge in [-0.05, 0) is 63.5 Å². The predicted octanol–water partition coefficient (Wildman–Crippen LogP) is 5.35. The minimum atomic E-state index is -0.571. The highest BCUT2D eigenvalue weighted by Crippen LogP contribution is 2.34. The lowest BCUT2D eigenvalue weighted by Gasteiger charge is -2.28. The third kappa shape index (κ3) is 4.21. The molecule has 31 heavy (non-hydrogen) atoms. The number of carbonyl (C=O) groups excluding carboxylic acids is 2. The van der Waals surface area contributed by atoms with E-state index in [-0.39, 0.29) is 11.7 Å². The van der Waals surface area contributed by atoms with E-state index in [2.05, 4.69) is 4.98 Å². The molecule has 7 heteroatoms. The molecule has 3 heterocycles. The quantitative estimate of drug-likeness (QED) is 0.535. The molecule has 3 aromatic rings. The van der Waals surface area contributed by atoms with Crippen molar-refractivity contribution in [1.82, 2.24) is 14.5 Å². The molecule has 0 saturated carbocycles. The number of nitrogens with zero attached hydrogens (tertiary/aromatic N) is 3. The smallest absolute Gasteiger partial charge is 0.414 e. The molecule has 0 aliphatic carbocycles. The first-order valence-corrected chi connectivity index (χ1v) is 10.2. The molecule has 0 atom stereocenters. The van der Waals surface area contributed by atoms with Crippen LogP contribution in [0.15, 0.2) is 49.1 Å². The summed E-state index contributed by atoms with van der Waals surface area (Å²) in [6.45, 7) is 6.11. The molecule has 1 aromatic carbocycles. The summed E-state index contributed by atoms with van der Waals surface area (Å²) in [5.74, 6) is -0.469. The lowest BCUT2D eigenvalue weighted by molar-refractivity contribution is 0.0329. The van der Waals surface area contributed by atoms with Crippen molar-refractivity contribution in [2.45, 2.75) is 39.2 Å². The number of ether oxygens (including phenoxy) is 1. The number of hydrogen-bond donors (Lipinski definition) is 0. The van der Waals surface area contributed by atoms with E-state index in [4.69, 9.17) is 4.74 Å². The van der Waals surface area contributed by atoms with Crippen LogP contribution in [0.1, 0.15) is 49.5 Å². The fraction of sp³-hybridized carbons (Fsp3) is 0.292. The second-order valence-corrected chi connectivity index (χ2v) is 8.56. The summed E-state index contributed by atoms with van der Waals surface area (Å²) in [6.07, 6.45) is 9.03. The van der Waals surface area contributed by atoms with Gasteiger partial charge in [0.15, 0.2) is 6.29 Å². The van der Waals surface area contributed by atoms with Crippen LogP contribution in [0, 0.1) is 5.82 Å². The minimum Gasteiger partial charge on any atom is -0.443 e. The number of aromatic nitrogens is 2. The molecule has 0 fully saturated rings. The summed E-state index contributed by atoms with van der Waals surface area (Å²) >= 11 is 0. The van der Waals surface area contributed by atoms with Crippen molar-refractivity contribution in [3.63, 3.8) is 0 Å². The van der Waals surface area contributed by atoms with E-state index < -0.39 is 11.4 Å². The van der Waals surface area contributed by atoms with Gasteiger partial charge in [0.2, 0.25) is 0 Å². The highest BCUT2D eigenvalue weighted by molar-refractivity contribution is 5.95. The van der Waals surface area contributed by atoms with Gasteiger partial charge < -0.3 is 9.30 Å². The van der Waals surface area contributed by atoms with E-state index in [9.17, 15) is 14.0 Å². The Labute approximate surface area is 179 Å². The molecule has 0 bridgehead atoms. The van der Waals surface area contributed by atoms with E-state index >= 15 is 0 Å². The Hall–Kier alpha value is -3.48. The van der Waals surface area contributed by atoms with Gasteiger partial charge >= 0.3 is 6.09 Å². The molecule has 1 amide bonds. The van der Waals surface area contributed by atoms with Crippen molar-refractivity contribution in [2.24, 2.45) is 0 Å². The Morgan fingerprint density at radius 2 is 2.06 bits per heavy atom. The number of pyridine rings is 1. The van der Waals surface area contributed by atoms with Gasteiger partial charge in [-0.15, -0.1) is 0 Å². The van der Waals surface area contributed by atoms with Crippen LogP contribution in [0.3, 0.4) is 0 Å². The number of fused-ring (bicyclic) bond motifs is 1. The molecule has 2 aromatic heterocycles. The van der Waals surface area contributed by atoms with Crippen LogP contribution in [-0.4, -0.2) is 39.0 Å². The van der Waals surface area contributed by atoms with E-state index in [0.29, 0.717) is 18.5 Å². The number of halogens is 1. The third-order valence-electron chi connectivity index (χ3n) is 5.11. The number of rotatable bonds is 3. The third-order valence-corrected chi connectivity index (χ3v) is 5.11. The average molecular weight is 421 g/mol. The topological polar surface area (TPSA) is 64.4 Å². The van der Waals surface area contributed by atoms with Crippen LogP contribution < -0.4 is 0 Å². The Balaban J connectivity index is 1.81. The van der Waals surface area contributed by atoms with Crippen LogP contribution in [0.25, 0.3) is 22.2 Å². The summed E-state index contributed by atoms with van der Waals surface area (Å²) in [7, 11) is 0. The molecule has 1 aliphatic rings. The van der Waals surface area contributed by atoms with Crippen LogP contribution >= 0.6 is 0 Å². The minimum absolute atomic E-state index is 0.250. The molecule has 0 radical (unpaired) electrons. The lowest BCUT2D eigenvalue weighted by Crippen LogP contribution is -2.35. The molecular formula is C24H24FN3O3. The molecule has 160 valence electrons. The first-order valence-electron chi connectivity index (χ1n) is 10.2. The maximum Gasteiger partial charge on any atom is 0.414 e. The van der Waals surface area contributed by atoms with Crippen molar-refractivity contribution in [2.75, 3.05) is 6.54 Å². The highest BCUT2D eigenvalue weighted by atomic mass is 19.1. The summed E-state index contributed by atoms with van der Waals surface area (Å²) in [6, 6.07) is 6.03. The molecule has 0 spiro atoms. The molecule has 0 unspecified atom stereocenters. The van der Waals surface area contributed by atoms with Gasteiger partial charge in [-0.3, -0.25) is 14.7 Å². The molecule has 0 saturated heterocycles. The summed E-state index contributed by atoms with van der Waals surface area (Å²) in [5.41, 5.74) is 2.97. The maximum atomic E-state index is 13.7. The van der Waals surface area contributed by atoms with Gasteiger partial charge in [-0.1, -0.05) is 0 Å². The largest absolute Gasteiger partial charge is 0.443 e. The highest BCUT2D eigenvalue weighted by Gasteiger charge is 2.25. The first-order chi connectivity index (χ1) is 14.8. The Bertz CT molecular complexity index is 1190. The second-order valence-electron chi connectivity index (χ2n) is 8.56. The number of carbonyl (C=O) groups is 2. The summed E-state index contributed by atoms with van der Waals surface area (Å²) in [4.78, 5) is 30.0. The van der Waals surface area contributed by atoms with Crippen LogP contribution in [-0.2, 0) is 4.74 Å². The van der Waals surface area contributed by atoms with Crippen molar-refractivity contribution < 1.29 is 18.7 Å². The lowest BCUT2D eigenvalue weighted by atomic mass is 9.99. The monoisotopic (exact) mass is 421 g/mol. The number of allylic oxidation sites excluding steroid dienone is 1. The Kier molecular flexibility index (Phi) is 5.35. The zero-order valence-electron chi connectivity index (χ0n) is 17.8. The predicted molar refractivity (Wildman–Crippen MR) is 117 cm³/mol. The second kappa shape index (κ2) is 7.98. The van der Waals surface area contributed by atoms with Gasteiger partial charge in [0.25, 0.3) is 0 Å². The summed E-state index contributed by atoms with van der Waals surface area (Å²) in [5, 5.41) is 0.938. The molecule has 4 rings (SSSR count). The fourth-order valence-corrected chi connectivity index (χ4v) is 3.79. The van der Waals surface area contributed by atoms with Crippen molar-refractivity contribution in [3.8, 4) is 5.69 Å². The molecule has 6 nitrogen and oxygen atoms in total. The number of amides is 1. The standard InChI is InChI=1S/C24H24FN3O3/c1-24(2,3)31-23(30)27-10-4-5-16(13-27)20-14-28(22-12-26-9-8-19(20)22)21-7-6-18(25)11-17(21)15-29/h6-9,11-15H,4-5,10H2,1-3H3. The molecular weight excluding hydrogens is 397 g/mol. The number of aldehydes is 1. The van der Waals surface area contributed by atoms with Gasteiger partial charge in [-0.2, -0.15) is 0 Å². The van der Waals surface area contributed by atoms with Crippen molar-refractivity contribution >= 4 is 28.9 Å². The van der Waals surface area contributed by atoms with Gasteiger partial charge in [0, 0.05) is 41.7 Å². The van der Waals surface area contributed by atoms with E-state index in [1.165, 1.54) is 12.1 Å². The van der Waals surface area contributed by atoms with E-state index in [0.717, 1.165) is 34.9 Å². The van der Waals surface area contributed by atoms with E-state index in [1.54, 1.807) is 23.4 Å². The SMILES string of the molecule is CC(C)(C)OC(=O)N1C=C(c2cn(-c3ccc(F)cc3C=O)c3cnccc23)CCC1. The zero-order chi connectivity index (χ0) is 22.2. The van der Waals surface area contributed by atoms with Crippen LogP contribution in [0.5, 0.6) is 0 Å². The van der Waals surface area contributed by atoms with Crippen LogP contribution in [0.4, 0.5) is 9.18 Å². The fourth-order valence-electron chi connectivity index (χ4n) is 3.79. The van der Waals surface area contributed by atoms with Gasteiger partial charge in [-0.25, -0.2) is 9.18 Å². The molecule has 0 N–H and O–H groups in total. The summed E-state index contributed by atoms with van der Waals surface area (Å²) < 4.78 is 21.0. The zero-order valence-corrected chi connectivity index (χ0v) is 17.8. The maximum absolute atomic E-state index is 13.7. The number of hydrogen-bond acceptors (Lipinski definition) is 4. The molecule has 1 aliphatic heterocycles. The van der Waals surface area contributed by atoms with E-state index in [1.807, 2.05) is 43.8 Å². The van der Waals surface area contributed by atoms with Crippen molar-refractivity contribution in [1.29, 1.82) is 0 Å². The van der Waals surface area contributed by atoms with Crippen LogP contribution in [0.2, 0.25) is 0 Å². The number of benzene rings is 1. The van der Waals surface area contributed by atoms with Crippen molar-refractivity contribution in [3.05, 3.63) is 66.0 Å². The normalized spacial score (nSPS) is 14.5. The first kappa shape index (κ1) is 20.8. The van der Waals surface area contributed by atoms with Gasteiger partial charge in [0.1, 0.15) is 11.4 Å².